The Kier molecular flexibility index (Phi) is 6.48. The molecule has 0 aliphatic heterocycles. The van der Waals surface area contributed by atoms with E-state index in [9.17, 15) is 0 Å². The molecule has 116 valence electrons. The normalized spacial score (nSPS) is 10.2. The highest BCUT2D eigenvalue weighted by molar-refractivity contribution is 8.13. The minimum Gasteiger partial charge on any atom is -0.493 e. The monoisotopic (exact) mass is 334 g/mol. The van der Waals surface area contributed by atoms with Gasteiger partial charge in [0.1, 0.15) is 11.5 Å². The van der Waals surface area contributed by atoms with Crippen molar-refractivity contribution < 1.29 is 8.92 Å². The fourth-order valence-electron chi connectivity index (χ4n) is 1.73. The molecule has 0 saturated carbocycles. The van der Waals surface area contributed by atoms with Crippen molar-refractivity contribution in [1.29, 1.82) is 5.41 Å². The quantitative estimate of drug-likeness (QED) is 0.345. The molecule has 2 rings (SSSR count). The van der Waals surface area contributed by atoms with Crippen LogP contribution in [0.15, 0.2) is 53.4 Å². The first-order valence-corrected chi connectivity index (χ1v) is 8.47. The summed E-state index contributed by atoms with van der Waals surface area (Å²) in [6.45, 7) is 2.50. The van der Waals surface area contributed by atoms with Crippen LogP contribution in [0.25, 0.3) is 0 Å². The van der Waals surface area contributed by atoms with Gasteiger partial charge in [-0.2, -0.15) is 0 Å². The van der Waals surface area contributed by atoms with Gasteiger partial charge in [0.15, 0.2) is 5.17 Å². The van der Waals surface area contributed by atoms with Crippen LogP contribution in [0.5, 0.6) is 11.5 Å². The summed E-state index contributed by atoms with van der Waals surface area (Å²) in [6.07, 6.45) is 0. The van der Waals surface area contributed by atoms with E-state index in [-0.39, 0.29) is 5.17 Å². The van der Waals surface area contributed by atoms with Gasteiger partial charge in [-0.1, -0.05) is 30.0 Å². The van der Waals surface area contributed by atoms with E-state index < -0.39 is 0 Å². The van der Waals surface area contributed by atoms with Crippen molar-refractivity contribution >= 4 is 29.0 Å². The Labute approximate surface area is 139 Å². The van der Waals surface area contributed by atoms with Crippen LogP contribution in [0, 0.1) is 12.3 Å². The first kappa shape index (κ1) is 16.6. The smallest absolute Gasteiger partial charge is 0.151 e. The van der Waals surface area contributed by atoms with Crippen LogP contribution in [0.4, 0.5) is 0 Å². The number of benzene rings is 2. The number of nitrogens with two attached hydrogens (primary N) is 1. The first-order chi connectivity index (χ1) is 10.6. The Bertz CT molecular complexity index is 621. The van der Waals surface area contributed by atoms with E-state index in [0.717, 1.165) is 22.0 Å². The maximum atomic E-state index is 7.14. The summed E-state index contributed by atoms with van der Waals surface area (Å²) < 4.78 is 11.4. The molecule has 0 spiro atoms. The molecule has 0 amide bonds. The fraction of sp³-hybridized carbons (Fsp3) is 0.188. The van der Waals surface area contributed by atoms with Gasteiger partial charge in [0.2, 0.25) is 0 Å². The Morgan fingerprint density at radius 3 is 2.59 bits per heavy atom. The van der Waals surface area contributed by atoms with Crippen LogP contribution >= 0.6 is 23.8 Å². The Hall–Kier alpha value is -1.79. The van der Waals surface area contributed by atoms with Gasteiger partial charge in [0, 0.05) is 16.7 Å². The summed E-state index contributed by atoms with van der Waals surface area (Å²) in [4.78, 5) is 1.05. The highest BCUT2D eigenvalue weighted by Crippen LogP contribution is 2.28. The molecule has 4 nitrogen and oxygen atoms in total. The second-order valence-electron chi connectivity index (χ2n) is 4.52. The van der Waals surface area contributed by atoms with Gasteiger partial charge in [-0.05, 0) is 36.8 Å². The molecule has 0 bridgehead atoms. The van der Waals surface area contributed by atoms with Crippen molar-refractivity contribution in [2.75, 3.05) is 12.4 Å². The highest BCUT2D eigenvalue weighted by atomic mass is 32.2. The molecule has 3 N–H and O–H groups in total. The minimum absolute atomic E-state index is 0.108. The van der Waals surface area contributed by atoms with Crippen molar-refractivity contribution in [1.82, 2.24) is 0 Å². The van der Waals surface area contributed by atoms with Crippen LogP contribution < -0.4 is 14.7 Å². The zero-order valence-corrected chi connectivity index (χ0v) is 13.9. The summed E-state index contributed by atoms with van der Waals surface area (Å²) >= 11 is 2.59. The lowest BCUT2D eigenvalue weighted by molar-refractivity contribution is 0.343. The summed E-state index contributed by atoms with van der Waals surface area (Å²) in [5.41, 5.74) is 6.35. The van der Waals surface area contributed by atoms with E-state index in [4.69, 9.17) is 20.1 Å². The predicted molar refractivity (Wildman–Crippen MR) is 94.0 cm³/mol. The maximum absolute atomic E-state index is 7.14. The maximum Gasteiger partial charge on any atom is 0.151 e. The van der Waals surface area contributed by atoms with E-state index in [1.54, 1.807) is 0 Å². The topological polar surface area (TPSA) is 68.3 Å². The predicted octanol–water partition coefficient (Wildman–Crippen LogP) is 4.09. The van der Waals surface area contributed by atoms with Gasteiger partial charge >= 0.3 is 0 Å². The van der Waals surface area contributed by atoms with Gasteiger partial charge in [-0.15, -0.1) is 0 Å². The molecule has 0 fully saturated rings. The van der Waals surface area contributed by atoms with E-state index in [2.05, 4.69) is 0 Å². The molecule has 0 aliphatic carbocycles. The third-order valence-corrected chi connectivity index (χ3v) is 4.03. The number of aryl methyl sites for hydroxylation is 1. The van der Waals surface area contributed by atoms with Crippen molar-refractivity contribution in [2.45, 2.75) is 11.8 Å². The van der Waals surface area contributed by atoms with Crippen LogP contribution in [0.3, 0.4) is 0 Å². The summed E-state index contributed by atoms with van der Waals surface area (Å²) in [5.74, 6) is 2.16. The molecule has 0 heterocycles. The Morgan fingerprint density at radius 2 is 1.86 bits per heavy atom. The minimum atomic E-state index is 0.108. The van der Waals surface area contributed by atoms with E-state index in [1.165, 1.54) is 23.8 Å². The van der Waals surface area contributed by atoms with Crippen LogP contribution in [0.1, 0.15) is 5.56 Å². The molecule has 0 atom stereocenters. The molecular weight excluding hydrogens is 316 g/mol. The molecule has 0 unspecified atom stereocenters. The summed E-state index contributed by atoms with van der Waals surface area (Å²) in [5, 5.41) is 7.25. The van der Waals surface area contributed by atoms with E-state index >= 15 is 0 Å². The van der Waals surface area contributed by atoms with Crippen molar-refractivity contribution in [2.24, 2.45) is 5.73 Å². The number of ether oxygens (including phenoxy) is 1. The number of thioether (sulfide) groups is 1. The first-order valence-electron chi connectivity index (χ1n) is 6.74. The van der Waals surface area contributed by atoms with Gasteiger partial charge in [0.25, 0.3) is 0 Å². The lowest BCUT2D eigenvalue weighted by Crippen LogP contribution is -2.08. The largest absolute Gasteiger partial charge is 0.493 e. The molecule has 0 radical (unpaired) electrons. The van der Waals surface area contributed by atoms with Crippen molar-refractivity contribution in [3.05, 3.63) is 54.1 Å². The second-order valence-corrected chi connectivity index (χ2v) is 6.46. The molecular formula is C16H18N2O2S2. The fourth-order valence-corrected chi connectivity index (χ4v) is 2.67. The summed E-state index contributed by atoms with van der Waals surface area (Å²) in [6, 6.07) is 15.7. The summed E-state index contributed by atoms with van der Waals surface area (Å²) in [7, 11) is 0. The average molecular weight is 334 g/mol. The number of hydrogen-bond donors (Lipinski definition) is 2. The SMILES string of the molecule is Cc1cc(OCCSC(=N)N)cc(OSc2ccccc2)c1. The molecule has 2 aromatic rings. The van der Waals surface area contributed by atoms with Crippen molar-refractivity contribution in [3.63, 3.8) is 0 Å². The molecule has 2 aromatic carbocycles. The number of rotatable bonds is 7. The van der Waals surface area contributed by atoms with Crippen molar-refractivity contribution in [3.8, 4) is 11.5 Å². The van der Waals surface area contributed by atoms with Gasteiger partial charge in [-0.3, -0.25) is 5.41 Å². The number of hydrogen-bond acceptors (Lipinski definition) is 5. The Morgan fingerprint density at radius 1 is 1.14 bits per heavy atom. The van der Waals surface area contributed by atoms with Crippen LogP contribution in [-0.4, -0.2) is 17.5 Å². The highest BCUT2D eigenvalue weighted by Gasteiger charge is 2.03. The Balaban J connectivity index is 1.90. The zero-order valence-electron chi connectivity index (χ0n) is 12.2. The van der Waals surface area contributed by atoms with Gasteiger partial charge in [-0.25, -0.2) is 0 Å². The molecule has 0 saturated heterocycles. The van der Waals surface area contributed by atoms with Gasteiger partial charge in [0.05, 0.1) is 18.6 Å². The third kappa shape index (κ3) is 5.91. The number of amidine groups is 1. The lowest BCUT2D eigenvalue weighted by Gasteiger charge is -2.10. The van der Waals surface area contributed by atoms with Crippen LogP contribution in [-0.2, 0) is 0 Å². The standard InChI is InChI=1S/C16H18N2O2S2/c1-12-9-13(19-7-8-21-16(17)18)11-14(10-12)20-22-15-5-3-2-4-6-15/h2-6,9-11H,7-8H2,1H3,(H3,17,18). The zero-order chi connectivity index (χ0) is 15.8. The van der Waals surface area contributed by atoms with Gasteiger partial charge < -0.3 is 14.7 Å². The lowest BCUT2D eigenvalue weighted by atomic mass is 10.2. The molecule has 6 heteroatoms. The van der Waals surface area contributed by atoms with E-state index in [1.807, 2.05) is 55.5 Å². The second kappa shape index (κ2) is 8.60. The average Bonchev–Trinajstić information content (AvgIpc) is 2.50. The van der Waals surface area contributed by atoms with E-state index in [0.29, 0.717) is 12.4 Å². The van der Waals surface area contributed by atoms with Crippen LogP contribution in [0.2, 0.25) is 0 Å². The third-order valence-electron chi connectivity index (χ3n) is 2.61. The molecule has 0 aliphatic rings. The molecule has 0 aromatic heterocycles. The number of nitrogens with one attached hydrogen (secondary N) is 1. The molecule has 22 heavy (non-hydrogen) atoms.